The molecule has 1 nitrogen and oxygen atoms in total. The van der Waals surface area contributed by atoms with Crippen molar-refractivity contribution in [2.24, 2.45) is 17.8 Å². The second-order valence-corrected chi connectivity index (χ2v) is 6.71. The molecule has 0 saturated heterocycles. The van der Waals surface area contributed by atoms with Gasteiger partial charge in [-0.3, -0.25) is 0 Å². The van der Waals surface area contributed by atoms with Gasteiger partial charge in [0.1, 0.15) is 0 Å². The molecule has 2 aliphatic rings. The van der Waals surface area contributed by atoms with Crippen molar-refractivity contribution >= 4 is 11.3 Å². The number of aryl methyl sites for hydroxylation is 1. The van der Waals surface area contributed by atoms with E-state index in [9.17, 15) is 0 Å². The molecule has 0 amide bonds. The summed E-state index contributed by atoms with van der Waals surface area (Å²) in [5.41, 5.74) is 1.53. The van der Waals surface area contributed by atoms with E-state index in [1.54, 1.807) is 0 Å². The van der Waals surface area contributed by atoms with E-state index >= 15 is 0 Å². The van der Waals surface area contributed by atoms with Gasteiger partial charge in [-0.15, -0.1) is 11.3 Å². The molecule has 1 N–H and O–H groups in total. The minimum Gasteiger partial charge on any atom is -0.313 e. The summed E-state index contributed by atoms with van der Waals surface area (Å²) in [5, 5.41) is 5.91. The van der Waals surface area contributed by atoms with Gasteiger partial charge in [-0.2, -0.15) is 0 Å². The highest BCUT2D eigenvalue weighted by molar-refractivity contribution is 7.10. The molecule has 2 saturated carbocycles. The van der Waals surface area contributed by atoms with Crippen LogP contribution in [0, 0.1) is 24.7 Å². The largest absolute Gasteiger partial charge is 0.313 e. The van der Waals surface area contributed by atoms with Gasteiger partial charge in [-0.1, -0.05) is 6.42 Å². The summed E-state index contributed by atoms with van der Waals surface area (Å²) >= 11 is 1.89. The Morgan fingerprint density at radius 3 is 2.75 bits per heavy atom. The maximum Gasteiger partial charge on any atom is 0.0357 e. The van der Waals surface area contributed by atoms with Crippen LogP contribution in [0.5, 0.6) is 0 Å². The highest BCUT2D eigenvalue weighted by Crippen LogP contribution is 2.52. The lowest BCUT2D eigenvalue weighted by Gasteiger charge is -2.30. The number of hydrogen-bond donors (Lipinski definition) is 1. The van der Waals surface area contributed by atoms with Crippen LogP contribution < -0.4 is 5.32 Å². The lowest BCUT2D eigenvalue weighted by atomic mass is 9.81. The molecule has 2 aliphatic carbocycles. The van der Waals surface area contributed by atoms with Gasteiger partial charge < -0.3 is 5.32 Å². The van der Waals surface area contributed by atoms with Crippen LogP contribution in [0.3, 0.4) is 0 Å². The summed E-state index contributed by atoms with van der Waals surface area (Å²) in [6.45, 7) is 2.21. The smallest absolute Gasteiger partial charge is 0.0357 e. The minimum absolute atomic E-state index is 0.611. The molecule has 3 rings (SSSR count). The Morgan fingerprint density at radius 1 is 1.38 bits per heavy atom. The Labute approximate surface area is 102 Å². The first kappa shape index (κ1) is 10.8. The second-order valence-electron chi connectivity index (χ2n) is 5.60. The van der Waals surface area contributed by atoms with Crippen molar-refractivity contribution < 1.29 is 0 Å². The van der Waals surface area contributed by atoms with Gasteiger partial charge in [0.25, 0.3) is 0 Å². The topological polar surface area (TPSA) is 12.0 Å². The molecular formula is C14H21NS. The predicted molar refractivity (Wildman–Crippen MR) is 69.8 cm³/mol. The molecular weight excluding hydrogens is 214 g/mol. The average molecular weight is 235 g/mol. The van der Waals surface area contributed by atoms with Crippen LogP contribution in [0.2, 0.25) is 0 Å². The monoisotopic (exact) mass is 235 g/mol. The minimum atomic E-state index is 0.611. The Hall–Kier alpha value is -0.340. The SMILES string of the molecule is CNC(c1csc(C)c1)C1CC2CCC1C2. The van der Waals surface area contributed by atoms with Crippen LogP contribution in [0.4, 0.5) is 0 Å². The summed E-state index contributed by atoms with van der Waals surface area (Å²) in [7, 11) is 2.13. The third-order valence-corrected chi connectivity index (χ3v) is 5.52. The number of rotatable bonds is 3. The molecule has 1 aromatic heterocycles. The van der Waals surface area contributed by atoms with Gasteiger partial charge in [0.2, 0.25) is 0 Å². The quantitative estimate of drug-likeness (QED) is 0.841. The maximum atomic E-state index is 3.57. The van der Waals surface area contributed by atoms with E-state index in [0.29, 0.717) is 6.04 Å². The zero-order valence-electron chi connectivity index (χ0n) is 10.2. The molecule has 16 heavy (non-hydrogen) atoms. The lowest BCUT2D eigenvalue weighted by Crippen LogP contribution is -2.28. The summed E-state index contributed by atoms with van der Waals surface area (Å²) < 4.78 is 0. The zero-order chi connectivity index (χ0) is 11.1. The Kier molecular flexibility index (Phi) is 2.80. The van der Waals surface area contributed by atoms with E-state index in [4.69, 9.17) is 0 Å². The molecule has 2 heteroatoms. The van der Waals surface area contributed by atoms with Crippen LogP contribution in [0.15, 0.2) is 11.4 Å². The normalized spacial score (nSPS) is 34.5. The van der Waals surface area contributed by atoms with Crippen LogP contribution in [-0.4, -0.2) is 7.05 Å². The third kappa shape index (κ3) is 1.72. The summed E-state index contributed by atoms with van der Waals surface area (Å²) in [5.74, 6) is 2.95. The standard InChI is InChI=1S/C14H21NS/c1-9-5-12(8-16-9)14(15-2)13-7-10-3-4-11(13)6-10/h5,8,10-11,13-15H,3-4,6-7H2,1-2H3. The van der Waals surface area contributed by atoms with Crippen LogP contribution in [0.25, 0.3) is 0 Å². The highest BCUT2D eigenvalue weighted by Gasteiger charge is 2.43. The number of nitrogens with one attached hydrogen (secondary N) is 1. The van der Waals surface area contributed by atoms with E-state index in [1.165, 1.54) is 36.1 Å². The number of fused-ring (bicyclic) bond motifs is 2. The first-order valence-electron chi connectivity index (χ1n) is 6.50. The zero-order valence-corrected chi connectivity index (χ0v) is 11.0. The van der Waals surface area contributed by atoms with Crippen LogP contribution in [-0.2, 0) is 0 Å². The first-order chi connectivity index (χ1) is 7.78. The molecule has 4 unspecified atom stereocenters. The highest BCUT2D eigenvalue weighted by atomic mass is 32.1. The van der Waals surface area contributed by atoms with Gasteiger partial charge in [0.15, 0.2) is 0 Å². The van der Waals surface area contributed by atoms with Gasteiger partial charge in [0.05, 0.1) is 0 Å². The van der Waals surface area contributed by atoms with Crippen molar-refractivity contribution in [2.75, 3.05) is 7.05 Å². The van der Waals surface area contributed by atoms with Gasteiger partial charge >= 0.3 is 0 Å². The molecule has 0 aliphatic heterocycles. The maximum absolute atomic E-state index is 3.57. The van der Waals surface area contributed by atoms with Gasteiger partial charge in [-0.25, -0.2) is 0 Å². The molecule has 0 spiro atoms. The van der Waals surface area contributed by atoms with Gasteiger partial charge in [0, 0.05) is 10.9 Å². The fourth-order valence-corrected chi connectivity index (χ4v) is 4.70. The molecule has 2 bridgehead atoms. The van der Waals surface area contributed by atoms with E-state index in [1.807, 2.05) is 11.3 Å². The molecule has 88 valence electrons. The van der Waals surface area contributed by atoms with E-state index in [-0.39, 0.29) is 0 Å². The number of hydrogen-bond acceptors (Lipinski definition) is 2. The van der Waals surface area contributed by atoms with Crippen LogP contribution in [0.1, 0.15) is 42.2 Å². The first-order valence-corrected chi connectivity index (χ1v) is 7.38. The molecule has 4 atom stereocenters. The molecule has 0 aromatic carbocycles. The van der Waals surface area contributed by atoms with Crippen molar-refractivity contribution in [1.82, 2.24) is 5.32 Å². The Bertz CT molecular complexity index is 371. The third-order valence-electron chi connectivity index (χ3n) is 4.64. The fraction of sp³-hybridized carbons (Fsp3) is 0.714. The summed E-state index contributed by atoms with van der Waals surface area (Å²) in [6.07, 6.45) is 5.95. The van der Waals surface area contributed by atoms with Crippen molar-refractivity contribution in [2.45, 2.75) is 38.6 Å². The molecule has 1 aromatic rings. The lowest BCUT2D eigenvalue weighted by molar-refractivity contribution is 0.260. The van der Waals surface area contributed by atoms with Gasteiger partial charge in [-0.05, 0) is 68.0 Å². The summed E-state index contributed by atoms with van der Waals surface area (Å²) in [4.78, 5) is 1.44. The van der Waals surface area contributed by atoms with E-state index < -0.39 is 0 Å². The number of thiophene rings is 1. The summed E-state index contributed by atoms with van der Waals surface area (Å²) in [6, 6.07) is 2.98. The Balaban J connectivity index is 1.81. The fourth-order valence-electron chi connectivity index (χ4n) is 3.96. The average Bonchev–Trinajstić information content (AvgIpc) is 2.96. The van der Waals surface area contributed by atoms with E-state index in [2.05, 4.69) is 30.7 Å². The van der Waals surface area contributed by atoms with E-state index in [0.717, 1.165) is 17.8 Å². The molecule has 1 heterocycles. The van der Waals surface area contributed by atoms with Crippen molar-refractivity contribution in [3.63, 3.8) is 0 Å². The second kappa shape index (κ2) is 4.15. The Morgan fingerprint density at radius 2 is 2.25 bits per heavy atom. The predicted octanol–water partition coefficient (Wildman–Crippen LogP) is 3.75. The van der Waals surface area contributed by atoms with Crippen molar-refractivity contribution in [3.8, 4) is 0 Å². The van der Waals surface area contributed by atoms with Crippen molar-refractivity contribution in [1.29, 1.82) is 0 Å². The van der Waals surface area contributed by atoms with Crippen molar-refractivity contribution in [3.05, 3.63) is 21.9 Å². The molecule has 2 fully saturated rings. The molecule has 0 radical (unpaired) electrons. The van der Waals surface area contributed by atoms with Crippen LogP contribution >= 0.6 is 11.3 Å².